The summed E-state index contributed by atoms with van der Waals surface area (Å²) in [6, 6.07) is 11.6. The van der Waals surface area contributed by atoms with Gasteiger partial charge in [-0.15, -0.1) is 0 Å². The molecular formula is C22H23ClF3N3O2. The van der Waals surface area contributed by atoms with Crippen molar-refractivity contribution in [2.24, 2.45) is 5.16 Å². The fraction of sp³-hybridized carbons (Fsp3) is 0.364. The first-order chi connectivity index (χ1) is 14.6. The van der Waals surface area contributed by atoms with Crippen LogP contribution in [-0.2, 0) is 17.6 Å². The van der Waals surface area contributed by atoms with Gasteiger partial charge in [0.2, 0.25) is 0 Å². The Labute approximate surface area is 183 Å². The number of hydrogen-bond donors (Lipinski definition) is 1. The van der Waals surface area contributed by atoms with Crippen molar-refractivity contribution in [2.75, 3.05) is 6.54 Å². The average Bonchev–Trinajstić information content (AvgIpc) is 3.15. The molecule has 0 radical (unpaired) electrons. The summed E-state index contributed by atoms with van der Waals surface area (Å²) in [4.78, 5) is 19.7. The van der Waals surface area contributed by atoms with Crippen LogP contribution in [0.5, 0.6) is 0 Å². The number of alkyl halides is 3. The van der Waals surface area contributed by atoms with E-state index in [9.17, 15) is 18.0 Å². The fourth-order valence-electron chi connectivity index (χ4n) is 3.21. The maximum absolute atomic E-state index is 13.1. The van der Waals surface area contributed by atoms with Gasteiger partial charge in [0, 0.05) is 24.0 Å². The minimum Gasteiger partial charge on any atom is -0.390 e. The second-order valence-electron chi connectivity index (χ2n) is 7.66. The molecule has 166 valence electrons. The van der Waals surface area contributed by atoms with Crippen LogP contribution in [0.15, 0.2) is 53.7 Å². The lowest BCUT2D eigenvalue weighted by Crippen LogP contribution is -2.45. The molecule has 2 amide bonds. The first-order valence-corrected chi connectivity index (χ1v) is 10.2. The van der Waals surface area contributed by atoms with E-state index in [0.29, 0.717) is 17.0 Å². The van der Waals surface area contributed by atoms with Gasteiger partial charge >= 0.3 is 12.2 Å². The summed E-state index contributed by atoms with van der Waals surface area (Å²) in [5.74, 6) is 0. The minimum absolute atomic E-state index is 0.0125. The highest BCUT2D eigenvalue weighted by Gasteiger charge is 2.31. The molecule has 0 fully saturated rings. The van der Waals surface area contributed by atoms with Crippen LogP contribution in [0.2, 0.25) is 5.02 Å². The molecule has 31 heavy (non-hydrogen) atoms. The highest BCUT2D eigenvalue weighted by atomic mass is 35.5. The zero-order chi connectivity index (χ0) is 22.6. The van der Waals surface area contributed by atoms with Gasteiger partial charge in [-0.1, -0.05) is 41.0 Å². The number of carbonyl (C=O) groups excluding carboxylic acids is 1. The van der Waals surface area contributed by atoms with Gasteiger partial charge in [0.15, 0.2) is 6.10 Å². The highest BCUT2D eigenvalue weighted by molar-refractivity contribution is 6.30. The molecule has 1 atom stereocenters. The lowest BCUT2D eigenvalue weighted by Gasteiger charge is -2.26. The van der Waals surface area contributed by atoms with Crippen molar-refractivity contribution in [1.29, 1.82) is 0 Å². The van der Waals surface area contributed by atoms with E-state index >= 15 is 0 Å². The summed E-state index contributed by atoms with van der Waals surface area (Å²) >= 11 is 5.92. The summed E-state index contributed by atoms with van der Waals surface area (Å²) in [5, 5.41) is 7.51. The van der Waals surface area contributed by atoms with Crippen LogP contribution in [0.3, 0.4) is 0 Å². The number of benzene rings is 2. The first-order valence-electron chi connectivity index (χ1n) is 9.82. The predicted molar refractivity (Wildman–Crippen MR) is 113 cm³/mol. The van der Waals surface area contributed by atoms with Gasteiger partial charge in [0.05, 0.1) is 17.8 Å². The maximum Gasteiger partial charge on any atom is 0.416 e. The largest absolute Gasteiger partial charge is 0.416 e. The zero-order valence-electron chi connectivity index (χ0n) is 17.1. The molecule has 9 heteroatoms. The molecule has 3 rings (SSSR count). The van der Waals surface area contributed by atoms with E-state index < -0.39 is 17.8 Å². The highest BCUT2D eigenvalue weighted by Crippen LogP contribution is 2.30. The summed E-state index contributed by atoms with van der Waals surface area (Å²) in [7, 11) is 0. The van der Waals surface area contributed by atoms with Gasteiger partial charge in [0.1, 0.15) is 0 Å². The number of halogens is 4. The monoisotopic (exact) mass is 453 g/mol. The maximum atomic E-state index is 13.1. The molecule has 0 unspecified atom stereocenters. The third-order valence-corrected chi connectivity index (χ3v) is 4.91. The molecule has 2 aromatic rings. The van der Waals surface area contributed by atoms with Gasteiger partial charge in [-0.3, -0.25) is 0 Å². The Bertz CT molecular complexity index is 946. The van der Waals surface area contributed by atoms with Crippen molar-refractivity contribution >= 4 is 23.3 Å². The van der Waals surface area contributed by atoms with Crippen molar-refractivity contribution in [3.05, 3.63) is 70.2 Å². The number of hydrogen-bond acceptors (Lipinski definition) is 3. The Balaban J connectivity index is 1.71. The molecule has 0 aromatic heterocycles. The van der Waals surface area contributed by atoms with Crippen LogP contribution in [0, 0.1) is 0 Å². The lowest BCUT2D eigenvalue weighted by atomic mass is 10.0. The van der Waals surface area contributed by atoms with E-state index in [4.69, 9.17) is 16.4 Å². The SMILES string of the molecule is CC(C)NC(=O)N(Cc1cccc(C(F)(F)F)c1)C[C@H]1CC(c2ccc(Cl)cc2)=NO1. The van der Waals surface area contributed by atoms with Crippen molar-refractivity contribution in [3.8, 4) is 0 Å². The Kier molecular flexibility index (Phi) is 7.10. The Hall–Kier alpha value is -2.74. The fourth-order valence-corrected chi connectivity index (χ4v) is 3.33. The van der Waals surface area contributed by atoms with Gasteiger partial charge in [0.25, 0.3) is 0 Å². The Morgan fingerprint density at radius 3 is 2.61 bits per heavy atom. The number of urea groups is 1. The van der Waals surface area contributed by atoms with Gasteiger partial charge in [-0.05, 0) is 49.2 Å². The van der Waals surface area contributed by atoms with E-state index in [0.717, 1.165) is 23.4 Å². The van der Waals surface area contributed by atoms with Crippen molar-refractivity contribution in [1.82, 2.24) is 10.2 Å². The topological polar surface area (TPSA) is 53.9 Å². The van der Waals surface area contributed by atoms with E-state index in [1.807, 2.05) is 26.0 Å². The van der Waals surface area contributed by atoms with Crippen LogP contribution in [-0.4, -0.2) is 35.3 Å². The van der Waals surface area contributed by atoms with Gasteiger partial charge < -0.3 is 15.1 Å². The number of nitrogens with one attached hydrogen (secondary N) is 1. The molecule has 5 nitrogen and oxygen atoms in total. The molecule has 0 aliphatic carbocycles. The molecule has 1 aliphatic heterocycles. The van der Waals surface area contributed by atoms with Crippen molar-refractivity contribution < 1.29 is 22.8 Å². The van der Waals surface area contributed by atoms with Gasteiger partial charge in [-0.25, -0.2) is 4.79 Å². The summed E-state index contributed by atoms with van der Waals surface area (Å²) in [6.45, 7) is 3.82. The van der Waals surface area contributed by atoms with Crippen LogP contribution < -0.4 is 5.32 Å². The van der Waals surface area contributed by atoms with Gasteiger partial charge in [-0.2, -0.15) is 13.2 Å². The lowest BCUT2D eigenvalue weighted by molar-refractivity contribution is -0.137. The molecular weight excluding hydrogens is 431 g/mol. The summed E-state index contributed by atoms with van der Waals surface area (Å²) in [5.41, 5.74) is 1.22. The zero-order valence-corrected chi connectivity index (χ0v) is 17.9. The molecule has 1 N–H and O–H groups in total. The molecule has 0 bridgehead atoms. The van der Waals surface area contributed by atoms with Crippen LogP contribution in [0.1, 0.15) is 37.0 Å². The molecule has 0 saturated carbocycles. The minimum atomic E-state index is -4.45. The average molecular weight is 454 g/mol. The number of rotatable bonds is 6. The first kappa shape index (κ1) is 22.9. The smallest absolute Gasteiger partial charge is 0.390 e. The number of nitrogens with zero attached hydrogens (tertiary/aromatic N) is 2. The molecule has 0 spiro atoms. The van der Waals surface area contributed by atoms with Crippen LogP contribution in [0.25, 0.3) is 0 Å². The predicted octanol–water partition coefficient (Wildman–Crippen LogP) is 5.47. The van der Waals surface area contributed by atoms with Crippen LogP contribution >= 0.6 is 11.6 Å². The van der Waals surface area contributed by atoms with Crippen molar-refractivity contribution in [2.45, 2.75) is 45.1 Å². The van der Waals surface area contributed by atoms with E-state index in [-0.39, 0.29) is 25.2 Å². The number of amides is 2. The quantitative estimate of drug-likeness (QED) is 0.630. The normalized spacial score (nSPS) is 16.1. The third kappa shape index (κ3) is 6.37. The van der Waals surface area contributed by atoms with Crippen LogP contribution in [0.4, 0.5) is 18.0 Å². The molecule has 1 heterocycles. The molecule has 0 saturated heterocycles. The third-order valence-electron chi connectivity index (χ3n) is 4.66. The van der Waals surface area contributed by atoms with E-state index in [1.54, 1.807) is 18.2 Å². The molecule has 1 aliphatic rings. The second-order valence-corrected chi connectivity index (χ2v) is 8.10. The Morgan fingerprint density at radius 1 is 1.26 bits per heavy atom. The summed E-state index contributed by atoms with van der Waals surface area (Å²) in [6.07, 6.45) is -4.39. The second kappa shape index (κ2) is 9.60. The Morgan fingerprint density at radius 2 is 1.97 bits per heavy atom. The van der Waals surface area contributed by atoms with E-state index in [2.05, 4.69) is 10.5 Å². The van der Waals surface area contributed by atoms with E-state index in [1.165, 1.54) is 11.0 Å². The molecule has 2 aromatic carbocycles. The standard InChI is InChI=1S/C22H23ClF3N3O2/c1-14(2)27-21(30)29(12-15-4-3-5-17(10-15)22(24,25)26)13-19-11-20(28-31-19)16-6-8-18(23)9-7-16/h3-10,14,19H,11-13H2,1-2H3,(H,27,30)/t19-/m1/s1. The summed E-state index contributed by atoms with van der Waals surface area (Å²) < 4.78 is 39.2. The van der Waals surface area contributed by atoms with Crippen molar-refractivity contribution in [3.63, 3.8) is 0 Å². The number of carbonyl (C=O) groups is 1. The number of oxime groups is 1.